The summed E-state index contributed by atoms with van der Waals surface area (Å²) in [5, 5.41) is 9.02. The first-order valence-corrected chi connectivity index (χ1v) is 9.68. The number of nitriles is 1. The quantitative estimate of drug-likeness (QED) is 0.646. The van der Waals surface area contributed by atoms with Crippen LogP contribution in [-0.4, -0.2) is 68.6 Å². The molecule has 10 heteroatoms. The number of hydrogen-bond acceptors (Lipinski definition) is 8. The first-order chi connectivity index (χ1) is 15.0. The van der Waals surface area contributed by atoms with E-state index in [-0.39, 0.29) is 12.5 Å². The lowest BCUT2D eigenvalue weighted by Gasteiger charge is -2.35. The number of benzene rings is 1. The van der Waals surface area contributed by atoms with Gasteiger partial charge < -0.3 is 14.4 Å². The van der Waals surface area contributed by atoms with Crippen LogP contribution in [0, 0.1) is 11.3 Å². The van der Waals surface area contributed by atoms with Gasteiger partial charge in [0.15, 0.2) is 11.5 Å². The third-order valence-electron chi connectivity index (χ3n) is 4.90. The molecule has 1 fully saturated rings. The molecule has 1 aromatic carbocycles. The fourth-order valence-electron chi connectivity index (χ4n) is 3.21. The van der Waals surface area contributed by atoms with Crippen molar-refractivity contribution in [3.05, 3.63) is 47.7 Å². The molecule has 2 N–H and O–H groups in total. The van der Waals surface area contributed by atoms with E-state index < -0.39 is 5.91 Å². The van der Waals surface area contributed by atoms with Crippen LogP contribution in [-0.2, 0) is 4.79 Å². The van der Waals surface area contributed by atoms with Crippen LogP contribution in [0.5, 0.6) is 11.5 Å². The fourth-order valence-corrected chi connectivity index (χ4v) is 3.21. The Morgan fingerprint density at radius 1 is 1.06 bits per heavy atom. The molecule has 3 rings (SSSR count). The van der Waals surface area contributed by atoms with Gasteiger partial charge in [0.25, 0.3) is 11.8 Å². The number of aromatic nitrogens is 1. The third kappa shape index (κ3) is 5.61. The second-order valence-electron chi connectivity index (χ2n) is 6.85. The zero-order valence-corrected chi connectivity index (χ0v) is 17.4. The lowest BCUT2D eigenvalue weighted by molar-refractivity contribution is -0.123. The number of methoxy groups -OCH3 is 2. The summed E-state index contributed by atoms with van der Waals surface area (Å²) < 4.78 is 10.3. The number of pyridine rings is 1. The molecule has 10 nitrogen and oxygen atoms in total. The Labute approximate surface area is 180 Å². The van der Waals surface area contributed by atoms with Crippen LogP contribution in [0.15, 0.2) is 36.5 Å². The number of anilines is 1. The van der Waals surface area contributed by atoms with Gasteiger partial charge in [-0.1, -0.05) is 0 Å². The van der Waals surface area contributed by atoms with E-state index in [1.54, 1.807) is 30.5 Å². The van der Waals surface area contributed by atoms with Crippen molar-refractivity contribution in [2.24, 2.45) is 0 Å². The molecule has 0 unspecified atom stereocenters. The van der Waals surface area contributed by atoms with E-state index in [2.05, 4.69) is 26.8 Å². The lowest BCUT2D eigenvalue weighted by Crippen LogP contribution is -2.52. The number of nitrogens with one attached hydrogen (secondary N) is 2. The molecule has 0 bridgehead atoms. The highest BCUT2D eigenvalue weighted by atomic mass is 16.5. The maximum atomic E-state index is 12.3. The first-order valence-electron chi connectivity index (χ1n) is 9.68. The second-order valence-corrected chi connectivity index (χ2v) is 6.85. The maximum Gasteiger partial charge on any atom is 0.269 e. The van der Waals surface area contributed by atoms with Gasteiger partial charge in [0, 0.05) is 37.9 Å². The van der Waals surface area contributed by atoms with E-state index in [0.29, 0.717) is 48.8 Å². The number of nitrogens with zero attached hydrogens (tertiary/aromatic N) is 4. The molecule has 1 saturated heterocycles. The number of amides is 2. The predicted octanol–water partition coefficient (Wildman–Crippen LogP) is 0.554. The van der Waals surface area contributed by atoms with Gasteiger partial charge in [-0.3, -0.25) is 25.3 Å². The topological polar surface area (TPSA) is 120 Å². The van der Waals surface area contributed by atoms with E-state index >= 15 is 0 Å². The molecule has 162 valence electrons. The van der Waals surface area contributed by atoms with E-state index in [9.17, 15) is 9.59 Å². The Balaban J connectivity index is 1.45. The van der Waals surface area contributed by atoms with Crippen LogP contribution in [0.25, 0.3) is 0 Å². The van der Waals surface area contributed by atoms with Crippen LogP contribution >= 0.6 is 0 Å². The van der Waals surface area contributed by atoms with Gasteiger partial charge in [0.05, 0.1) is 32.4 Å². The second kappa shape index (κ2) is 10.3. The molecule has 31 heavy (non-hydrogen) atoms. The van der Waals surface area contributed by atoms with Crippen molar-refractivity contribution in [2.45, 2.75) is 0 Å². The summed E-state index contributed by atoms with van der Waals surface area (Å²) in [7, 11) is 2.99. The van der Waals surface area contributed by atoms with Crippen LogP contribution in [0.2, 0.25) is 0 Å². The molecule has 2 aromatic rings. The molecular weight excluding hydrogens is 400 g/mol. The number of ether oxygens (including phenoxy) is 2. The average molecular weight is 424 g/mol. The summed E-state index contributed by atoms with van der Waals surface area (Å²) in [4.78, 5) is 32.9. The number of hydrazine groups is 1. The van der Waals surface area contributed by atoms with Crippen molar-refractivity contribution in [1.82, 2.24) is 20.7 Å². The van der Waals surface area contributed by atoms with Gasteiger partial charge in [-0.05, 0) is 30.3 Å². The molecule has 0 saturated carbocycles. The minimum atomic E-state index is -0.456. The van der Waals surface area contributed by atoms with Crippen molar-refractivity contribution in [2.75, 3.05) is 51.8 Å². The molecule has 1 aliphatic rings. The molecule has 2 heterocycles. The fraction of sp³-hybridized carbons (Fsp3) is 0.333. The van der Waals surface area contributed by atoms with E-state index in [1.165, 1.54) is 20.3 Å². The number of rotatable bonds is 6. The Hall–Kier alpha value is -3.84. The van der Waals surface area contributed by atoms with Crippen LogP contribution in [0.1, 0.15) is 15.9 Å². The SMILES string of the molecule is COc1ccc(C(=O)NNC(=O)CN2CCN(c3cc(C#N)ccn3)CC2)cc1OC. The molecular formula is C21H24N6O4. The highest BCUT2D eigenvalue weighted by molar-refractivity contribution is 5.96. The summed E-state index contributed by atoms with van der Waals surface area (Å²) in [5.74, 6) is 0.922. The number of piperazine rings is 1. The van der Waals surface area contributed by atoms with Gasteiger partial charge in [0.2, 0.25) is 0 Å². The minimum Gasteiger partial charge on any atom is -0.493 e. The zero-order chi connectivity index (χ0) is 22.2. The molecule has 0 aliphatic carbocycles. The van der Waals surface area contributed by atoms with Crippen molar-refractivity contribution in [3.8, 4) is 17.6 Å². The number of hydrogen-bond donors (Lipinski definition) is 2. The zero-order valence-electron chi connectivity index (χ0n) is 17.4. The van der Waals surface area contributed by atoms with Crippen LogP contribution in [0.3, 0.4) is 0 Å². The summed E-state index contributed by atoms with van der Waals surface area (Å²) in [6, 6.07) is 10.3. The van der Waals surface area contributed by atoms with Crippen molar-refractivity contribution in [1.29, 1.82) is 5.26 Å². The molecule has 1 aliphatic heterocycles. The van der Waals surface area contributed by atoms with E-state index in [1.807, 2.05) is 4.90 Å². The largest absolute Gasteiger partial charge is 0.493 e. The normalized spacial score (nSPS) is 13.8. The van der Waals surface area contributed by atoms with Crippen LogP contribution in [0.4, 0.5) is 5.82 Å². The van der Waals surface area contributed by atoms with Gasteiger partial charge in [-0.15, -0.1) is 0 Å². The highest BCUT2D eigenvalue weighted by Crippen LogP contribution is 2.27. The predicted molar refractivity (Wildman–Crippen MR) is 113 cm³/mol. The van der Waals surface area contributed by atoms with Crippen molar-refractivity contribution < 1.29 is 19.1 Å². The van der Waals surface area contributed by atoms with Gasteiger partial charge in [0.1, 0.15) is 5.82 Å². The lowest BCUT2D eigenvalue weighted by atomic mass is 10.2. The Kier molecular flexibility index (Phi) is 7.24. The van der Waals surface area contributed by atoms with Gasteiger partial charge in [-0.2, -0.15) is 5.26 Å². The average Bonchev–Trinajstić information content (AvgIpc) is 2.82. The van der Waals surface area contributed by atoms with Gasteiger partial charge in [-0.25, -0.2) is 4.98 Å². The molecule has 0 atom stereocenters. The van der Waals surface area contributed by atoms with Crippen LogP contribution < -0.4 is 25.2 Å². The Morgan fingerprint density at radius 2 is 1.81 bits per heavy atom. The highest BCUT2D eigenvalue weighted by Gasteiger charge is 2.20. The van der Waals surface area contributed by atoms with E-state index in [0.717, 1.165) is 5.82 Å². The number of carbonyl (C=O) groups excluding carboxylic acids is 2. The summed E-state index contributed by atoms with van der Waals surface area (Å²) in [6.07, 6.45) is 1.62. The first kappa shape index (κ1) is 21.9. The number of carbonyl (C=O) groups is 2. The van der Waals surface area contributed by atoms with E-state index in [4.69, 9.17) is 14.7 Å². The molecule has 0 spiro atoms. The summed E-state index contributed by atoms with van der Waals surface area (Å²) in [6.45, 7) is 2.86. The molecule has 0 radical (unpaired) electrons. The standard InChI is InChI=1S/C21H24N6O4/c1-30-17-4-3-16(12-18(17)31-2)21(29)25-24-20(28)14-26-7-9-27(10-8-26)19-11-15(13-22)5-6-23-19/h3-6,11-12H,7-10,14H2,1-2H3,(H,24,28)(H,25,29). The van der Waals surface area contributed by atoms with Gasteiger partial charge >= 0.3 is 0 Å². The van der Waals surface area contributed by atoms with Crippen molar-refractivity contribution >= 4 is 17.6 Å². The molecule has 2 amide bonds. The monoisotopic (exact) mass is 424 g/mol. The van der Waals surface area contributed by atoms with Crippen molar-refractivity contribution in [3.63, 3.8) is 0 Å². The third-order valence-corrected chi connectivity index (χ3v) is 4.90. The Morgan fingerprint density at radius 3 is 2.48 bits per heavy atom. The Bertz CT molecular complexity index is 982. The molecule has 1 aromatic heterocycles. The maximum absolute atomic E-state index is 12.3. The minimum absolute atomic E-state index is 0.158. The summed E-state index contributed by atoms with van der Waals surface area (Å²) >= 11 is 0. The smallest absolute Gasteiger partial charge is 0.269 e. The summed E-state index contributed by atoms with van der Waals surface area (Å²) in [5.41, 5.74) is 5.75.